The molecule has 11 aromatic rings. The maximum atomic E-state index is 6.76. The van der Waals surface area contributed by atoms with E-state index in [4.69, 9.17) is 24.4 Å². The predicted molar refractivity (Wildman–Crippen MR) is 255 cm³/mol. The summed E-state index contributed by atoms with van der Waals surface area (Å²) >= 11 is 0. The molecule has 3 aromatic heterocycles. The minimum absolute atomic E-state index is 0.582. The maximum Gasteiger partial charge on any atom is 0.194 e. The first-order valence-corrected chi connectivity index (χ1v) is 21.0. The van der Waals surface area contributed by atoms with Crippen molar-refractivity contribution in [2.24, 2.45) is 0 Å². The smallest absolute Gasteiger partial charge is 0.194 e. The highest BCUT2D eigenvalue weighted by molar-refractivity contribution is 6.24. The molecule has 298 valence electrons. The average Bonchev–Trinajstić information content (AvgIpc) is 3.88. The molecule has 7 heteroatoms. The van der Waals surface area contributed by atoms with Crippen LogP contribution >= 0.6 is 0 Å². The van der Waals surface area contributed by atoms with Gasteiger partial charge in [0, 0.05) is 49.6 Å². The van der Waals surface area contributed by atoms with E-state index in [9.17, 15) is 0 Å². The first-order valence-electron chi connectivity index (χ1n) is 21.0. The zero-order valence-corrected chi connectivity index (χ0v) is 34.2. The number of para-hydroxylation sites is 4. The largest absolute Gasteiger partial charge is 0.449 e. The Balaban J connectivity index is 1.08. The maximum absolute atomic E-state index is 6.76. The number of aromatic nitrogens is 5. The van der Waals surface area contributed by atoms with Crippen LogP contribution in [0, 0.1) is 0 Å². The molecule has 0 unspecified atom stereocenters. The number of benzene rings is 8. The van der Waals surface area contributed by atoms with Crippen LogP contribution < -0.4 is 9.47 Å². The van der Waals surface area contributed by atoms with Crippen LogP contribution in [0.2, 0.25) is 0 Å². The van der Waals surface area contributed by atoms with Crippen molar-refractivity contribution in [2.45, 2.75) is 6.92 Å². The van der Waals surface area contributed by atoms with E-state index in [1.165, 1.54) is 5.39 Å². The van der Waals surface area contributed by atoms with Crippen LogP contribution in [0.3, 0.4) is 0 Å². The lowest BCUT2D eigenvalue weighted by molar-refractivity contribution is 0.362. The second-order valence-electron chi connectivity index (χ2n) is 15.6. The third-order valence-electron chi connectivity index (χ3n) is 12.0. The van der Waals surface area contributed by atoms with Crippen LogP contribution in [0.15, 0.2) is 201 Å². The fraction of sp³-hybridized carbons (Fsp3) is 0.0179. The van der Waals surface area contributed by atoms with E-state index in [1.54, 1.807) is 6.08 Å². The summed E-state index contributed by atoms with van der Waals surface area (Å²) in [6.45, 7) is 5.99. The molecule has 1 aliphatic heterocycles. The fourth-order valence-electron chi connectivity index (χ4n) is 9.07. The molecule has 0 aliphatic carbocycles. The molecule has 4 heterocycles. The summed E-state index contributed by atoms with van der Waals surface area (Å²) < 4.78 is 18.0. The van der Waals surface area contributed by atoms with Gasteiger partial charge in [0.1, 0.15) is 5.52 Å². The van der Waals surface area contributed by atoms with Crippen LogP contribution in [0.25, 0.3) is 94.5 Å². The Morgan fingerprint density at radius 2 is 1.03 bits per heavy atom. The van der Waals surface area contributed by atoms with Crippen molar-refractivity contribution in [3.8, 4) is 68.3 Å². The molecule has 12 rings (SSSR count). The Labute approximate surface area is 363 Å². The van der Waals surface area contributed by atoms with Crippen LogP contribution in [-0.2, 0) is 0 Å². The van der Waals surface area contributed by atoms with E-state index in [0.29, 0.717) is 40.5 Å². The minimum Gasteiger partial charge on any atom is -0.449 e. The van der Waals surface area contributed by atoms with Gasteiger partial charge < -0.3 is 18.6 Å². The second-order valence-corrected chi connectivity index (χ2v) is 15.6. The Morgan fingerprint density at radius 1 is 0.460 bits per heavy atom. The van der Waals surface area contributed by atoms with Crippen molar-refractivity contribution in [1.82, 2.24) is 24.1 Å². The van der Waals surface area contributed by atoms with Crippen molar-refractivity contribution in [2.75, 3.05) is 0 Å². The summed E-state index contributed by atoms with van der Waals surface area (Å²) in [5.74, 6) is 4.55. The number of hydrogen-bond acceptors (Lipinski definition) is 5. The molecule has 0 atom stereocenters. The summed E-state index contributed by atoms with van der Waals surface area (Å²) in [4.78, 5) is 14.8. The van der Waals surface area contributed by atoms with Crippen molar-refractivity contribution >= 4 is 49.2 Å². The highest BCUT2D eigenvalue weighted by atomic mass is 16.6. The molecule has 1 aliphatic rings. The van der Waals surface area contributed by atoms with Gasteiger partial charge in [-0.2, -0.15) is 0 Å². The van der Waals surface area contributed by atoms with E-state index < -0.39 is 0 Å². The normalized spacial score (nSPS) is 12.3. The molecule has 0 spiro atoms. The first kappa shape index (κ1) is 36.3. The summed E-state index contributed by atoms with van der Waals surface area (Å²) in [6, 6.07) is 63.0. The number of allylic oxidation sites excluding steroid dienone is 3. The SMILES string of the molecule is C=C/C(=C\C)c1nc(-c2ccccc2)nc(-c2cccc(-c3cccc(-n4c5ccccc5c5ccc6c7ccc8c(c7n(-c7ccccc7)c6c54)Oc4ccccc4O8)c3)c2)n1. The number of nitrogens with zero attached hydrogens (tertiary/aromatic N) is 5. The van der Waals surface area contributed by atoms with Gasteiger partial charge >= 0.3 is 0 Å². The number of rotatable bonds is 7. The Kier molecular flexibility index (Phi) is 8.40. The quantitative estimate of drug-likeness (QED) is 0.150. The van der Waals surface area contributed by atoms with E-state index in [2.05, 4.69) is 137 Å². The van der Waals surface area contributed by atoms with Crippen molar-refractivity contribution < 1.29 is 9.47 Å². The molecule has 0 fully saturated rings. The van der Waals surface area contributed by atoms with Gasteiger partial charge in [0.25, 0.3) is 0 Å². The van der Waals surface area contributed by atoms with Crippen LogP contribution in [-0.4, -0.2) is 24.1 Å². The monoisotopic (exact) mass is 811 g/mol. The molecule has 0 N–H and O–H groups in total. The molecule has 0 bridgehead atoms. The average molecular weight is 812 g/mol. The number of fused-ring (bicyclic) bond motifs is 10. The Hall–Kier alpha value is -8.55. The molecule has 0 amide bonds. The second kappa shape index (κ2) is 14.6. The molecule has 63 heavy (non-hydrogen) atoms. The molecule has 0 saturated heterocycles. The van der Waals surface area contributed by atoms with Gasteiger partial charge in [-0.1, -0.05) is 140 Å². The lowest BCUT2D eigenvalue weighted by Gasteiger charge is -2.22. The third-order valence-corrected chi connectivity index (χ3v) is 12.0. The lowest BCUT2D eigenvalue weighted by atomic mass is 10.0. The molecule has 0 saturated carbocycles. The summed E-state index contributed by atoms with van der Waals surface area (Å²) in [5, 5.41) is 4.51. The standard InChI is InChI=1S/C56H37N5O2/c1-3-35(4-2)54-57-55(36-17-7-5-8-18-36)59-56(58-54)39-21-15-19-37(33-39)38-20-16-24-41(34-38)60-46-26-12-11-25-42(46)43-29-30-44-45-31-32-49-53(63-48-28-14-13-27-47(48)62-49)52(45)61(51(44)50(43)60)40-22-9-6-10-23-40/h3-34H,1H2,2H3/b35-4+. The summed E-state index contributed by atoms with van der Waals surface area (Å²) in [5.41, 5.74) is 11.1. The van der Waals surface area contributed by atoms with Crippen LogP contribution in [0.5, 0.6) is 23.0 Å². The molecule has 0 radical (unpaired) electrons. The number of hydrogen-bond donors (Lipinski definition) is 0. The van der Waals surface area contributed by atoms with Gasteiger partial charge in [0.05, 0.1) is 16.6 Å². The molecule has 7 nitrogen and oxygen atoms in total. The zero-order valence-electron chi connectivity index (χ0n) is 34.2. The number of ether oxygens (including phenoxy) is 2. The van der Waals surface area contributed by atoms with Gasteiger partial charge in [0.15, 0.2) is 40.5 Å². The van der Waals surface area contributed by atoms with Crippen LogP contribution in [0.4, 0.5) is 0 Å². The van der Waals surface area contributed by atoms with E-state index >= 15 is 0 Å². The molecular weight excluding hydrogens is 775 g/mol. The first-order chi connectivity index (χ1) is 31.1. The highest BCUT2D eigenvalue weighted by Gasteiger charge is 2.28. The summed E-state index contributed by atoms with van der Waals surface area (Å²) in [7, 11) is 0. The predicted octanol–water partition coefficient (Wildman–Crippen LogP) is 14.6. The molecular formula is C56H37N5O2. The summed E-state index contributed by atoms with van der Waals surface area (Å²) in [6.07, 6.45) is 3.76. The minimum atomic E-state index is 0.582. The lowest BCUT2D eigenvalue weighted by Crippen LogP contribution is -2.02. The Morgan fingerprint density at radius 3 is 1.81 bits per heavy atom. The van der Waals surface area contributed by atoms with Gasteiger partial charge in [-0.25, -0.2) is 15.0 Å². The van der Waals surface area contributed by atoms with Crippen molar-refractivity contribution in [1.29, 1.82) is 0 Å². The highest BCUT2D eigenvalue weighted by Crippen LogP contribution is 2.52. The van der Waals surface area contributed by atoms with E-state index in [-0.39, 0.29) is 0 Å². The van der Waals surface area contributed by atoms with Gasteiger partial charge in [0.2, 0.25) is 0 Å². The molecule has 8 aromatic carbocycles. The topological polar surface area (TPSA) is 67.0 Å². The fourth-order valence-corrected chi connectivity index (χ4v) is 9.07. The van der Waals surface area contributed by atoms with E-state index in [0.717, 1.165) is 77.4 Å². The van der Waals surface area contributed by atoms with Crippen LogP contribution in [0.1, 0.15) is 12.7 Å². The third kappa shape index (κ3) is 5.86. The Bertz CT molecular complexity index is 3660. The van der Waals surface area contributed by atoms with Gasteiger partial charge in [-0.05, 0) is 78.7 Å². The zero-order chi connectivity index (χ0) is 42.0. The van der Waals surface area contributed by atoms with Gasteiger partial charge in [-0.15, -0.1) is 0 Å². The van der Waals surface area contributed by atoms with E-state index in [1.807, 2.05) is 73.7 Å². The van der Waals surface area contributed by atoms with Gasteiger partial charge in [-0.3, -0.25) is 0 Å². The van der Waals surface area contributed by atoms with Crippen molar-refractivity contribution in [3.63, 3.8) is 0 Å². The van der Waals surface area contributed by atoms with Crippen molar-refractivity contribution in [3.05, 3.63) is 207 Å².